The van der Waals surface area contributed by atoms with Crippen LogP contribution in [0.3, 0.4) is 0 Å². The van der Waals surface area contributed by atoms with Gasteiger partial charge >= 0.3 is 5.97 Å². The zero-order valence-corrected chi connectivity index (χ0v) is 26.2. The number of thioether (sulfide) groups is 1. The smallest absolute Gasteiger partial charge is 0.327 e. The molecule has 6 N–H and O–H groups in total. The molecule has 2 fully saturated rings. The number of nitrogens with zero attached hydrogens (tertiary/aromatic N) is 4. The number of halogens is 1. The first-order valence-electron chi connectivity index (χ1n) is 13.8. The molecule has 1 aromatic carbocycles. The summed E-state index contributed by atoms with van der Waals surface area (Å²) in [6.07, 6.45) is 5.79. The van der Waals surface area contributed by atoms with E-state index >= 15 is 0 Å². The molecular weight excluding hydrogens is 590 g/mol. The molecule has 2 aromatic heterocycles. The van der Waals surface area contributed by atoms with Crippen molar-refractivity contribution < 1.29 is 36.5 Å². The van der Waals surface area contributed by atoms with Crippen molar-refractivity contribution in [3.8, 4) is 0 Å². The summed E-state index contributed by atoms with van der Waals surface area (Å²) < 4.78 is 1.52. The number of carbonyl (C=O) groups excluding carboxylic acids is 2. The monoisotopic (exact) mass is 627 g/mol. The quantitative estimate of drug-likeness (QED) is 0.180. The minimum absolute atomic E-state index is 0. The van der Waals surface area contributed by atoms with Gasteiger partial charge in [-0.2, -0.15) is 4.57 Å². The SMILES string of the molecule is CC1(C)S[C@@H]2[C@H](NC(=O)[C@H](N)c3ccccc3)C(=O)N2[C@H]1C(=O)O.CCCc1ncc(C[n+]2ccccc2C)c(N)n1.[Cl-]. The Hall–Kier alpha value is -3.74. The van der Waals surface area contributed by atoms with Crippen LogP contribution in [0.25, 0.3) is 0 Å². The highest BCUT2D eigenvalue weighted by Gasteiger charge is 2.64. The Balaban J connectivity index is 0.000000239. The number of anilines is 1. The second-order valence-electron chi connectivity index (χ2n) is 10.9. The van der Waals surface area contributed by atoms with Gasteiger partial charge in [0.05, 0.1) is 5.56 Å². The third-order valence-corrected chi connectivity index (χ3v) is 8.92. The zero-order valence-electron chi connectivity index (χ0n) is 24.6. The van der Waals surface area contributed by atoms with Gasteiger partial charge in [-0.15, -0.1) is 11.8 Å². The molecule has 0 bridgehead atoms. The molecule has 4 atom stereocenters. The molecule has 5 rings (SSSR count). The topological polar surface area (TPSA) is 168 Å². The van der Waals surface area contributed by atoms with Crippen LogP contribution >= 0.6 is 11.8 Å². The van der Waals surface area contributed by atoms with E-state index in [1.165, 1.54) is 22.4 Å². The highest BCUT2D eigenvalue weighted by atomic mass is 35.5. The Kier molecular flexibility index (Phi) is 11.1. The Morgan fingerprint density at radius 2 is 1.86 bits per heavy atom. The van der Waals surface area contributed by atoms with Crippen molar-refractivity contribution in [1.82, 2.24) is 20.2 Å². The second kappa shape index (κ2) is 14.2. The van der Waals surface area contributed by atoms with E-state index in [0.717, 1.165) is 24.2 Å². The summed E-state index contributed by atoms with van der Waals surface area (Å²) >= 11 is 1.38. The predicted molar refractivity (Wildman–Crippen MR) is 160 cm³/mol. The predicted octanol–water partition coefficient (Wildman–Crippen LogP) is -1.02. The highest BCUT2D eigenvalue weighted by molar-refractivity contribution is 8.01. The number of nitrogens with two attached hydrogens (primary N) is 2. The van der Waals surface area contributed by atoms with Crippen LogP contribution in [0.2, 0.25) is 0 Å². The van der Waals surface area contributed by atoms with Gasteiger partial charge in [-0.25, -0.2) is 14.8 Å². The van der Waals surface area contributed by atoms with Gasteiger partial charge in [-0.1, -0.05) is 43.3 Å². The lowest BCUT2D eigenvalue weighted by atomic mass is 9.95. The standard InChI is InChI=1S/C16H19N3O4S.C14H19N4.ClH/c1-16(2)11(15(22)23)19-13(21)10(14(19)24-16)18-12(20)9(17)8-6-4-3-5-7-8;1-3-6-13-16-9-12(14(15)17-13)10-18-8-5-4-7-11(18)2;/h3-7,9-11,14H,17H2,1-2H3,(H,18,20)(H,22,23);4-5,7-9H,3,6,10H2,1-2H3,(H2,15,16,17);1H/q;+1;/p-1/t9-,10-,11+,14-;;/m1../s1. The van der Waals surface area contributed by atoms with Crippen LogP contribution in [0, 0.1) is 6.92 Å². The summed E-state index contributed by atoms with van der Waals surface area (Å²) in [7, 11) is 0. The number of hydrogen-bond donors (Lipinski definition) is 4. The van der Waals surface area contributed by atoms with Gasteiger partial charge in [0.1, 0.15) is 35.1 Å². The van der Waals surface area contributed by atoms with Crippen molar-refractivity contribution >= 4 is 35.4 Å². The summed E-state index contributed by atoms with van der Waals surface area (Å²) in [5.74, 6) is -0.442. The molecule has 2 aliphatic heterocycles. The molecule has 0 radical (unpaired) electrons. The van der Waals surface area contributed by atoms with Crippen LogP contribution in [0.4, 0.5) is 5.82 Å². The lowest BCUT2D eigenvalue weighted by Gasteiger charge is -2.43. The summed E-state index contributed by atoms with van der Waals surface area (Å²) in [6.45, 7) is 8.47. The van der Waals surface area contributed by atoms with E-state index in [4.69, 9.17) is 11.5 Å². The Labute approximate surface area is 261 Å². The zero-order chi connectivity index (χ0) is 30.6. The van der Waals surface area contributed by atoms with Crippen LogP contribution in [0.15, 0.2) is 60.9 Å². The largest absolute Gasteiger partial charge is 1.00 e. The fourth-order valence-corrected chi connectivity index (χ4v) is 6.67. The second-order valence-corrected chi connectivity index (χ2v) is 12.7. The van der Waals surface area contributed by atoms with E-state index in [9.17, 15) is 19.5 Å². The maximum Gasteiger partial charge on any atom is 0.327 e. The first kappa shape index (κ1) is 33.8. The van der Waals surface area contributed by atoms with Crippen molar-refractivity contribution in [2.75, 3.05) is 5.73 Å². The lowest BCUT2D eigenvalue weighted by molar-refractivity contribution is -0.694. The normalized spacial score (nSPS) is 20.4. The van der Waals surface area contributed by atoms with Gasteiger partial charge in [-0.05, 0) is 25.8 Å². The third-order valence-electron chi connectivity index (χ3n) is 7.34. The molecule has 0 unspecified atom stereocenters. The first-order valence-corrected chi connectivity index (χ1v) is 14.7. The Bertz CT molecular complexity index is 1460. The Morgan fingerprint density at radius 3 is 2.47 bits per heavy atom. The fraction of sp³-hybridized carbons (Fsp3) is 0.400. The number of pyridine rings is 1. The van der Waals surface area contributed by atoms with E-state index < -0.39 is 34.7 Å². The molecule has 0 aliphatic carbocycles. The van der Waals surface area contributed by atoms with E-state index in [1.807, 2.05) is 30.6 Å². The average molecular weight is 628 g/mol. The average Bonchev–Trinajstić information content (AvgIpc) is 3.22. The molecule has 0 saturated carbocycles. The lowest BCUT2D eigenvalue weighted by Crippen LogP contribution is -3.00. The summed E-state index contributed by atoms with van der Waals surface area (Å²) in [5, 5.41) is 11.7. The molecule has 2 aliphatic rings. The molecule has 3 aromatic rings. The first-order chi connectivity index (χ1) is 19.9. The molecule has 0 spiro atoms. The van der Waals surface area contributed by atoms with Crippen LogP contribution in [0.5, 0.6) is 0 Å². The number of fused-ring (bicyclic) bond motifs is 1. The number of benzene rings is 1. The van der Waals surface area contributed by atoms with E-state index in [-0.39, 0.29) is 23.7 Å². The number of aryl methyl sites for hydroxylation is 2. The number of carbonyl (C=O) groups is 3. The van der Waals surface area contributed by atoms with Crippen molar-refractivity contribution in [1.29, 1.82) is 0 Å². The van der Waals surface area contributed by atoms with Crippen molar-refractivity contribution in [2.45, 2.75) is 75.3 Å². The molecule has 43 heavy (non-hydrogen) atoms. The van der Waals surface area contributed by atoms with Gasteiger partial charge in [0, 0.05) is 36.4 Å². The molecule has 230 valence electrons. The number of aliphatic carboxylic acids is 1. The summed E-state index contributed by atoms with van der Waals surface area (Å²) in [6, 6.07) is 12.5. The van der Waals surface area contributed by atoms with Gasteiger partial charge in [0.15, 0.2) is 18.4 Å². The molecule has 11 nitrogen and oxygen atoms in total. The van der Waals surface area contributed by atoms with Crippen LogP contribution in [-0.4, -0.2) is 60.0 Å². The van der Waals surface area contributed by atoms with Gasteiger partial charge in [0.25, 0.3) is 0 Å². The number of hydrogen-bond acceptors (Lipinski definition) is 8. The molecule has 13 heteroatoms. The van der Waals surface area contributed by atoms with Gasteiger partial charge in [-0.3, -0.25) is 9.59 Å². The molecule has 2 amide bonds. The number of nitrogens with one attached hydrogen (secondary N) is 1. The number of amides is 2. The number of aromatic nitrogens is 3. The molecular formula is C30H38ClN7O4S. The van der Waals surface area contributed by atoms with E-state index in [1.54, 1.807) is 38.1 Å². The minimum Gasteiger partial charge on any atom is -1.00 e. The van der Waals surface area contributed by atoms with E-state index in [0.29, 0.717) is 17.9 Å². The van der Waals surface area contributed by atoms with Gasteiger partial charge in [0.2, 0.25) is 11.8 Å². The maximum absolute atomic E-state index is 12.3. The number of nitrogen functional groups attached to an aromatic ring is 1. The third kappa shape index (κ3) is 7.43. The van der Waals surface area contributed by atoms with Crippen molar-refractivity contribution in [3.05, 3.63) is 83.6 Å². The number of carboxylic acids is 1. The van der Waals surface area contributed by atoms with Crippen LogP contribution in [-0.2, 0) is 27.3 Å². The summed E-state index contributed by atoms with van der Waals surface area (Å²) in [4.78, 5) is 46.2. The highest BCUT2D eigenvalue weighted by Crippen LogP contribution is 2.50. The Morgan fingerprint density at radius 1 is 1.19 bits per heavy atom. The van der Waals surface area contributed by atoms with Crippen molar-refractivity contribution in [3.63, 3.8) is 0 Å². The van der Waals surface area contributed by atoms with Crippen LogP contribution in [0.1, 0.15) is 55.9 Å². The van der Waals surface area contributed by atoms with Gasteiger partial charge < -0.3 is 39.2 Å². The number of rotatable bonds is 8. The molecule has 2 saturated heterocycles. The molecule has 4 heterocycles. The van der Waals surface area contributed by atoms with E-state index in [2.05, 4.69) is 39.8 Å². The minimum atomic E-state index is -1.03. The van der Waals surface area contributed by atoms with Crippen LogP contribution < -0.4 is 33.8 Å². The number of carboxylic acid groups (broad SMARTS) is 1. The number of β-lactam (4-membered cyclic amide) rings is 1. The van der Waals surface area contributed by atoms with Crippen molar-refractivity contribution in [2.24, 2.45) is 5.73 Å². The maximum atomic E-state index is 12.3. The summed E-state index contributed by atoms with van der Waals surface area (Å²) in [5.41, 5.74) is 14.7. The fourth-order valence-electron chi connectivity index (χ4n) is 5.05.